The van der Waals surface area contributed by atoms with Crippen LogP contribution in [-0.4, -0.2) is 81.5 Å². The van der Waals surface area contributed by atoms with E-state index in [1.165, 1.54) is 27.7 Å². The number of alkyl carbamates (subject to hydrolysis) is 1. The molecule has 0 bridgehead atoms. The van der Waals surface area contributed by atoms with Crippen LogP contribution in [-0.2, 0) is 47.7 Å². The Morgan fingerprint density at radius 3 is 1.26 bits per heavy atom. The highest BCUT2D eigenvalue weighted by atomic mass is 16.6. The normalized spacial score (nSPS) is 10.3. The number of carbonyl (C=O) groups excluding carboxylic acids is 6. The second-order valence-electron chi connectivity index (χ2n) is 9.87. The topological polar surface area (TPSA) is 173 Å². The van der Waals surface area contributed by atoms with Crippen molar-refractivity contribution in [2.45, 2.75) is 59.5 Å². The summed E-state index contributed by atoms with van der Waals surface area (Å²) < 4.78 is 25.3. The molecule has 0 spiro atoms. The molecule has 2 amide bonds. The standard InChI is InChI=1S/C30H44N2O11/c1-19(2)26(34)39-15-23(16-40-27(35)20(3)4)25(33)31-13-11-9-10-12-14-32-30(38)43-24(17-41-28(36)21(5)6)18-42-29(37)22(7)8/h23-24H,1,3,5,7,9-18H2,2,4,6,8H3,(H,31,33)(H,32,38). The molecule has 0 radical (unpaired) electrons. The van der Waals surface area contributed by atoms with Crippen molar-refractivity contribution in [3.63, 3.8) is 0 Å². The third-order valence-corrected chi connectivity index (χ3v) is 5.34. The summed E-state index contributed by atoms with van der Waals surface area (Å²) in [5.74, 6) is -4.01. The van der Waals surface area contributed by atoms with Crippen LogP contribution in [0.4, 0.5) is 4.79 Å². The predicted octanol–water partition coefficient (Wildman–Crippen LogP) is 2.85. The van der Waals surface area contributed by atoms with E-state index in [9.17, 15) is 28.8 Å². The molecular formula is C30H44N2O11. The minimum atomic E-state index is -1.03. The highest BCUT2D eigenvalue weighted by molar-refractivity contribution is 5.89. The molecule has 0 unspecified atom stereocenters. The van der Waals surface area contributed by atoms with Gasteiger partial charge in [-0.05, 0) is 40.5 Å². The quantitative estimate of drug-likeness (QED) is 0.0849. The fourth-order valence-electron chi connectivity index (χ4n) is 2.84. The summed E-state index contributed by atoms with van der Waals surface area (Å²) in [7, 11) is 0. The molecule has 13 heteroatoms. The number of nitrogens with one attached hydrogen (secondary N) is 2. The van der Waals surface area contributed by atoms with Gasteiger partial charge in [0.25, 0.3) is 0 Å². The van der Waals surface area contributed by atoms with Gasteiger partial charge in [0, 0.05) is 35.4 Å². The number of carbonyl (C=O) groups is 6. The number of hydrogen-bond donors (Lipinski definition) is 2. The van der Waals surface area contributed by atoms with Crippen LogP contribution >= 0.6 is 0 Å². The van der Waals surface area contributed by atoms with Crippen molar-refractivity contribution in [2.75, 3.05) is 39.5 Å². The van der Waals surface area contributed by atoms with Crippen LogP contribution in [0.3, 0.4) is 0 Å². The lowest BCUT2D eigenvalue weighted by atomic mass is 10.1. The molecule has 0 heterocycles. The summed E-state index contributed by atoms with van der Waals surface area (Å²) in [6, 6.07) is 0. The van der Waals surface area contributed by atoms with Gasteiger partial charge in [0.2, 0.25) is 5.91 Å². The fourth-order valence-corrected chi connectivity index (χ4v) is 2.84. The number of ether oxygens (including phenoxy) is 5. The zero-order valence-electron chi connectivity index (χ0n) is 25.5. The Morgan fingerprint density at radius 2 is 0.884 bits per heavy atom. The van der Waals surface area contributed by atoms with E-state index in [-0.39, 0.29) is 48.7 Å². The molecule has 13 nitrogen and oxygen atoms in total. The number of esters is 4. The lowest BCUT2D eigenvalue weighted by molar-refractivity contribution is -0.149. The maximum absolute atomic E-state index is 12.6. The van der Waals surface area contributed by atoms with Gasteiger partial charge in [-0.25, -0.2) is 24.0 Å². The van der Waals surface area contributed by atoms with E-state index in [4.69, 9.17) is 23.7 Å². The van der Waals surface area contributed by atoms with Crippen molar-refractivity contribution in [3.05, 3.63) is 48.6 Å². The van der Waals surface area contributed by atoms with Crippen molar-refractivity contribution >= 4 is 35.9 Å². The molecule has 0 aliphatic heterocycles. The summed E-state index contributed by atoms with van der Waals surface area (Å²) in [6.07, 6.45) is 0.882. The van der Waals surface area contributed by atoms with Crippen molar-refractivity contribution in [3.8, 4) is 0 Å². The number of rotatable bonds is 21. The largest absolute Gasteiger partial charge is 0.461 e. The van der Waals surface area contributed by atoms with Crippen LogP contribution in [0.15, 0.2) is 48.6 Å². The second-order valence-corrected chi connectivity index (χ2v) is 9.87. The molecule has 0 aliphatic rings. The summed E-state index contributed by atoms with van der Waals surface area (Å²) in [5.41, 5.74) is 0.673. The van der Waals surface area contributed by atoms with Gasteiger partial charge in [-0.15, -0.1) is 0 Å². The third kappa shape index (κ3) is 18.6. The molecule has 2 N–H and O–H groups in total. The van der Waals surface area contributed by atoms with Gasteiger partial charge >= 0.3 is 30.0 Å². The van der Waals surface area contributed by atoms with Crippen LogP contribution in [0, 0.1) is 5.92 Å². The van der Waals surface area contributed by atoms with Gasteiger partial charge in [0.1, 0.15) is 32.3 Å². The molecule has 0 aromatic rings. The van der Waals surface area contributed by atoms with E-state index < -0.39 is 47.9 Å². The maximum atomic E-state index is 12.6. The molecule has 43 heavy (non-hydrogen) atoms. The minimum Gasteiger partial charge on any atom is -0.461 e. The van der Waals surface area contributed by atoms with Crippen LogP contribution in [0.5, 0.6) is 0 Å². The lowest BCUT2D eigenvalue weighted by Gasteiger charge is -2.18. The molecule has 0 aromatic carbocycles. The minimum absolute atomic E-state index is 0.162. The molecule has 0 atom stereocenters. The molecule has 0 fully saturated rings. The molecule has 0 saturated carbocycles. The Bertz CT molecular complexity index is 1000. The van der Waals surface area contributed by atoms with Crippen LogP contribution in [0.1, 0.15) is 53.4 Å². The van der Waals surface area contributed by atoms with Crippen LogP contribution in [0.25, 0.3) is 0 Å². The Hall–Kier alpha value is -4.42. The highest BCUT2D eigenvalue weighted by Gasteiger charge is 2.23. The van der Waals surface area contributed by atoms with Gasteiger partial charge in [-0.1, -0.05) is 39.2 Å². The van der Waals surface area contributed by atoms with E-state index in [1.54, 1.807) is 0 Å². The summed E-state index contributed by atoms with van der Waals surface area (Å²) in [5, 5.41) is 5.31. The Balaban J connectivity index is 4.49. The Morgan fingerprint density at radius 1 is 0.535 bits per heavy atom. The van der Waals surface area contributed by atoms with Gasteiger partial charge < -0.3 is 34.3 Å². The SMILES string of the molecule is C=C(C)C(=O)OCC(COC(=O)C(=C)C)OC(=O)NCCCCCCNC(=O)C(COC(=O)C(=C)C)COC(=O)C(=C)C. The first kappa shape index (κ1) is 38.6. The monoisotopic (exact) mass is 608 g/mol. The van der Waals surface area contributed by atoms with Gasteiger partial charge in [-0.2, -0.15) is 0 Å². The van der Waals surface area contributed by atoms with Crippen LogP contribution in [0.2, 0.25) is 0 Å². The molecule has 240 valence electrons. The first-order valence-corrected chi connectivity index (χ1v) is 13.7. The third-order valence-electron chi connectivity index (χ3n) is 5.34. The zero-order chi connectivity index (χ0) is 32.9. The van der Waals surface area contributed by atoms with E-state index in [1.807, 2.05) is 0 Å². The molecule has 0 saturated heterocycles. The summed E-state index contributed by atoms with van der Waals surface area (Å²) in [6.45, 7) is 19.2. The molecule has 0 aliphatic carbocycles. The van der Waals surface area contributed by atoms with Gasteiger partial charge in [0.05, 0.1) is 0 Å². The van der Waals surface area contributed by atoms with Crippen molar-refractivity contribution in [1.82, 2.24) is 10.6 Å². The maximum Gasteiger partial charge on any atom is 0.407 e. The molecule has 0 rings (SSSR count). The van der Waals surface area contributed by atoms with E-state index in [2.05, 4.69) is 36.9 Å². The fraction of sp³-hybridized carbons (Fsp3) is 0.533. The van der Waals surface area contributed by atoms with Crippen LogP contribution < -0.4 is 10.6 Å². The smallest absolute Gasteiger partial charge is 0.407 e. The van der Waals surface area contributed by atoms with E-state index >= 15 is 0 Å². The number of unbranched alkanes of at least 4 members (excludes halogenated alkanes) is 3. The number of hydrogen-bond acceptors (Lipinski definition) is 11. The van der Waals surface area contributed by atoms with E-state index in [0.29, 0.717) is 25.9 Å². The Labute approximate surface area is 252 Å². The van der Waals surface area contributed by atoms with E-state index in [0.717, 1.165) is 12.8 Å². The Kier molecular flexibility index (Phi) is 19.1. The summed E-state index contributed by atoms with van der Waals surface area (Å²) >= 11 is 0. The van der Waals surface area contributed by atoms with Crippen molar-refractivity contribution < 1.29 is 52.5 Å². The van der Waals surface area contributed by atoms with Crippen molar-refractivity contribution in [1.29, 1.82) is 0 Å². The highest BCUT2D eigenvalue weighted by Crippen LogP contribution is 2.06. The average Bonchev–Trinajstić information content (AvgIpc) is 2.94. The second kappa shape index (κ2) is 21.3. The average molecular weight is 609 g/mol. The van der Waals surface area contributed by atoms with Gasteiger partial charge in [-0.3, -0.25) is 4.79 Å². The summed E-state index contributed by atoms with van der Waals surface area (Å²) in [4.78, 5) is 71.5. The molecule has 0 aromatic heterocycles. The lowest BCUT2D eigenvalue weighted by Crippen LogP contribution is -2.37. The predicted molar refractivity (Wildman–Crippen MR) is 156 cm³/mol. The number of amides is 2. The van der Waals surface area contributed by atoms with Gasteiger partial charge in [0.15, 0.2) is 6.10 Å². The van der Waals surface area contributed by atoms with Crippen molar-refractivity contribution in [2.24, 2.45) is 5.92 Å². The zero-order valence-corrected chi connectivity index (χ0v) is 25.5. The molecular weight excluding hydrogens is 564 g/mol. The first-order valence-electron chi connectivity index (χ1n) is 13.7. The first-order chi connectivity index (χ1) is 20.1.